The number of hydrogen-bond donors (Lipinski definition) is 3. The van der Waals surface area contributed by atoms with Gasteiger partial charge in [0.05, 0.1) is 27.2 Å². The molecule has 0 aliphatic rings. The van der Waals surface area contributed by atoms with Crippen molar-refractivity contribution in [1.82, 2.24) is 19.8 Å². The van der Waals surface area contributed by atoms with Crippen LogP contribution in [0.3, 0.4) is 0 Å². The zero-order valence-corrected chi connectivity index (χ0v) is 20.8. The van der Waals surface area contributed by atoms with Crippen LogP contribution >= 0.6 is 34.5 Å². The largest absolute Gasteiger partial charge is 0.404 e. The molecular formula is C18H17Cl2F3N4O5S2. The number of nitrogens with one attached hydrogen (secondary N) is 1. The van der Waals surface area contributed by atoms with E-state index < -0.39 is 44.4 Å². The van der Waals surface area contributed by atoms with Gasteiger partial charge in [-0.25, -0.2) is 13.4 Å². The highest BCUT2D eigenvalue weighted by Crippen LogP contribution is 2.43. The maximum atomic E-state index is 12.8. The van der Waals surface area contributed by atoms with Crippen molar-refractivity contribution in [2.24, 2.45) is 0 Å². The van der Waals surface area contributed by atoms with E-state index in [1.807, 2.05) is 0 Å². The lowest BCUT2D eigenvalue weighted by Gasteiger charge is -2.18. The summed E-state index contributed by atoms with van der Waals surface area (Å²) in [6, 6.07) is -0.132. The summed E-state index contributed by atoms with van der Waals surface area (Å²) in [5.74, 6) is -0.0455. The van der Waals surface area contributed by atoms with Crippen molar-refractivity contribution in [1.29, 1.82) is 0 Å². The van der Waals surface area contributed by atoms with Crippen LogP contribution < -0.4 is 4.72 Å². The summed E-state index contributed by atoms with van der Waals surface area (Å²) in [5, 5.41) is 22.9. The van der Waals surface area contributed by atoms with Gasteiger partial charge in [-0.2, -0.15) is 22.9 Å². The fourth-order valence-corrected chi connectivity index (χ4v) is 5.79. The second-order valence-corrected chi connectivity index (χ2v) is 11.0. The highest BCUT2D eigenvalue weighted by molar-refractivity contribution is 7.89. The molecule has 0 amide bonds. The predicted molar refractivity (Wildman–Crippen MR) is 118 cm³/mol. The molecule has 1 atom stereocenters. The molecule has 16 heteroatoms. The van der Waals surface area contributed by atoms with Gasteiger partial charge < -0.3 is 14.7 Å². The number of nitrogens with zero attached hydrogens (tertiary/aromatic N) is 3. The fraction of sp³-hybridized carbons (Fsp3) is 0.389. The third-order valence-corrected chi connectivity index (χ3v) is 8.10. The normalized spacial score (nSPS) is 13.9. The van der Waals surface area contributed by atoms with E-state index in [1.54, 1.807) is 0 Å². The van der Waals surface area contributed by atoms with Gasteiger partial charge in [0.15, 0.2) is 5.01 Å². The molecule has 34 heavy (non-hydrogen) atoms. The van der Waals surface area contributed by atoms with Gasteiger partial charge in [0.1, 0.15) is 16.5 Å². The predicted octanol–water partition coefficient (Wildman–Crippen LogP) is 4.12. The molecule has 2 aromatic heterocycles. The number of benzene rings is 1. The van der Waals surface area contributed by atoms with E-state index in [2.05, 4.69) is 15.1 Å². The van der Waals surface area contributed by atoms with Gasteiger partial charge in [0.25, 0.3) is 5.89 Å². The van der Waals surface area contributed by atoms with Gasteiger partial charge in [-0.05, 0) is 26.8 Å². The minimum Gasteiger partial charge on any atom is -0.390 e. The summed E-state index contributed by atoms with van der Waals surface area (Å²) in [4.78, 5) is 7.93. The first-order chi connectivity index (χ1) is 15.6. The van der Waals surface area contributed by atoms with Crippen molar-refractivity contribution >= 4 is 44.6 Å². The number of aliphatic hydroxyl groups excluding tert-OH is 1. The Morgan fingerprint density at radius 1 is 1.21 bits per heavy atom. The molecule has 3 aromatic rings. The Bertz CT molecular complexity index is 1320. The van der Waals surface area contributed by atoms with Crippen LogP contribution in [0.1, 0.15) is 32.4 Å². The molecule has 0 aliphatic heterocycles. The van der Waals surface area contributed by atoms with Crippen molar-refractivity contribution in [2.75, 3.05) is 0 Å². The third-order valence-electron chi connectivity index (χ3n) is 4.39. The average Bonchev–Trinajstić information content (AvgIpc) is 3.35. The summed E-state index contributed by atoms with van der Waals surface area (Å²) >= 11 is 13.4. The van der Waals surface area contributed by atoms with Gasteiger partial charge in [0, 0.05) is 5.56 Å². The fourth-order valence-electron chi connectivity index (χ4n) is 2.60. The minimum atomic E-state index is -4.81. The number of aliphatic hydroxyl groups is 2. The first kappa shape index (κ1) is 26.8. The Morgan fingerprint density at radius 2 is 1.85 bits per heavy atom. The lowest BCUT2D eigenvalue weighted by molar-refractivity contribution is -0.147. The molecule has 2 heterocycles. The summed E-state index contributed by atoms with van der Waals surface area (Å²) in [6.07, 6.45) is -4.81. The van der Waals surface area contributed by atoms with Crippen LogP contribution in [0, 0.1) is 0 Å². The molecule has 186 valence electrons. The Labute approximate surface area is 205 Å². The molecule has 0 fully saturated rings. The molecule has 0 bridgehead atoms. The Kier molecular flexibility index (Phi) is 7.35. The van der Waals surface area contributed by atoms with E-state index >= 15 is 0 Å². The van der Waals surface area contributed by atoms with E-state index in [4.69, 9.17) is 27.7 Å². The van der Waals surface area contributed by atoms with Gasteiger partial charge in [0.2, 0.25) is 15.8 Å². The molecule has 0 radical (unpaired) electrons. The van der Waals surface area contributed by atoms with Gasteiger partial charge in [-0.1, -0.05) is 34.4 Å². The SMILES string of the molecule is C[C@H](NS(=O)(=O)c1ccc(-c2sc(-c3noc(C(C)(C)O)n3)nc2CO)c(Cl)c1Cl)C(F)(F)F. The highest BCUT2D eigenvalue weighted by Gasteiger charge is 2.39. The van der Waals surface area contributed by atoms with Crippen molar-refractivity contribution in [3.8, 4) is 21.3 Å². The molecular weight excluding hydrogens is 544 g/mol. The molecule has 0 saturated heterocycles. The Morgan fingerprint density at radius 3 is 2.38 bits per heavy atom. The molecule has 1 aromatic carbocycles. The lowest BCUT2D eigenvalue weighted by Crippen LogP contribution is -2.43. The van der Waals surface area contributed by atoms with Crippen LogP contribution in [0.4, 0.5) is 13.2 Å². The molecule has 0 aliphatic carbocycles. The lowest BCUT2D eigenvalue weighted by atomic mass is 10.1. The quantitative estimate of drug-likeness (QED) is 0.392. The molecule has 3 N–H and O–H groups in total. The number of rotatable bonds is 7. The monoisotopic (exact) mass is 560 g/mol. The minimum absolute atomic E-state index is 0.0230. The molecule has 0 saturated carbocycles. The summed E-state index contributed by atoms with van der Waals surface area (Å²) < 4.78 is 69.9. The second kappa shape index (κ2) is 9.33. The van der Waals surface area contributed by atoms with E-state index in [0.717, 1.165) is 17.4 Å². The summed E-state index contributed by atoms with van der Waals surface area (Å²) in [7, 11) is -4.66. The van der Waals surface area contributed by atoms with Gasteiger partial charge in [-0.3, -0.25) is 0 Å². The molecule has 0 unspecified atom stereocenters. The number of alkyl halides is 3. The molecule has 9 nitrogen and oxygen atoms in total. The number of sulfonamides is 1. The van der Waals surface area contributed by atoms with Crippen LogP contribution in [-0.2, 0) is 22.2 Å². The average molecular weight is 561 g/mol. The van der Waals surface area contributed by atoms with Crippen LogP contribution in [0.25, 0.3) is 21.3 Å². The van der Waals surface area contributed by atoms with Crippen LogP contribution in [0.2, 0.25) is 10.0 Å². The van der Waals surface area contributed by atoms with Gasteiger partial charge >= 0.3 is 6.18 Å². The number of thiazole rings is 1. The first-order valence-corrected chi connectivity index (χ1v) is 12.4. The van der Waals surface area contributed by atoms with Crippen molar-refractivity contribution in [3.63, 3.8) is 0 Å². The van der Waals surface area contributed by atoms with E-state index in [0.29, 0.717) is 11.8 Å². The van der Waals surface area contributed by atoms with Crippen LogP contribution in [0.15, 0.2) is 21.6 Å². The Balaban J connectivity index is 2.03. The zero-order chi connectivity index (χ0) is 25.6. The number of aromatic nitrogens is 3. The molecule has 3 rings (SSSR count). The summed E-state index contributed by atoms with van der Waals surface area (Å²) in [6.45, 7) is 2.99. The van der Waals surface area contributed by atoms with Crippen molar-refractivity contribution in [3.05, 3.63) is 33.8 Å². The third kappa shape index (κ3) is 5.37. The zero-order valence-electron chi connectivity index (χ0n) is 17.6. The second-order valence-electron chi connectivity index (χ2n) is 7.56. The Hall–Kier alpha value is -1.81. The number of halogens is 5. The maximum absolute atomic E-state index is 12.8. The standard InChI is InChI=1S/C18H17Cl2F3N4O5S2/c1-7(18(21,22)23)27-34(30,31)10-5-4-8(11(19)12(10)20)13-9(6-28)24-15(33-13)14-25-16(32-26-14)17(2,3)29/h4-5,7,27-29H,6H2,1-3H3/t7-/m0/s1. The smallest absolute Gasteiger partial charge is 0.390 e. The maximum Gasteiger partial charge on any atom is 0.404 e. The number of hydrogen-bond acceptors (Lipinski definition) is 9. The summed E-state index contributed by atoms with van der Waals surface area (Å²) in [5.41, 5.74) is -1.10. The van der Waals surface area contributed by atoms with E-state index in [1.165, 1.54) is 24.6 Å². The van der Waals surface area contributed by atoms with E-state index in [-0.39, 0.29) is 33.0 Å². The van der Waals surface area contributed by atoms with Crippen molar-refractivity contribution in [2.45, 2.75) is 50.1 Å². The highest BCUT2D eigenvalue weighted by atomic mass is 35.5. The molecule has 0 spiro atoms. The van der Waals surface area contributed by atoms with Crippen LogP contribution in [0.5, 0.6) is 0 Å². The first-order valence-electron chi connectivity index (χ1n) is 9.31. The van der Waals surface area contributed by atoms with Crippen LogP contribution in [-0.4, -0.2) is 46.0 Å². The van der Waals surface area contributed by atoms with Crippen molar-refractivity contribution < 1.29 is 36.3 Å². The van der Waals surface area contributed by atoms with Gasteiger partial charge in [-0.15, -0.1) is 11.3 Å². The van der Waals surface area contributed by atoms with E-state index in [9.17, 15) is 31.8 Å². The topological polar surface area (TPSA) is 138 Å².